The Morgan fingerprint density at radius 3 is 2.45 bits per heavy atom. The fourth-order valence-electron chi connectivity index (χ4n) is 4.47. The van der Waals surface area contributed by atoms with E-state index in [-0.39, 0.29) is 5.91 Å². The molecule has 2 N–H and O–H groups in total. The van der Waals surface area contributed by atoms with Crippen molar-refractivity contribution >= 4 is 18.5 Å². The molecule has 3 aromatic carbocycles. The number of carbonyl (C=O) groups is 1. The van der Waals surface area contributed by atoms with E-state index < -0.39 is 7.12 Å². The van der Waals surface area contributed by atoms with Gasteiger partial charge in [-0.05, 0) is 65.0 Å². The van der Waals surface area contributed by atoms with Gasteiger partial charge in [-0.25, -0.2) is 0 Å². The summed E-state index contributed by atoms with van der Waals surface area (Å²) in [6.07, 6.45) is 2.98. The average Bonchev–Trinajstić information content (AvgIpc) is 2.83. The Morgan fingerprint density at radius 2 is 1.71 bits per heavy atom. The Kier molecular flexibility index (Phi) is 6.54. The maximum absolute atomic E-state index is 13.2. The van der Waals surface area contributed by atoms with Crippen LogP contribution in [0.3, 0.4) is 0 Å². The van der Waals surface area contributed by atoms with E-state index in [2.05, 4.69) is 31.2 Å². The van der Waals surface area contributed by atoms with Crippen LogP contribution in [0.15, 0.2) is 72.8 Å². The minimum atomic E-state index is -1.55. The Hall–Kier alpha value is -2.89. The average molecular weight is 413 g/mol. The van der Waals surface area contributed by atoms with Gasteiger partial charge in [0.25, 0.3) is 5.91 Å². The highest BCUT2D eigenvalue weighted by Crippen LogP contribution is 2.30. The Bertz CT molecular complexity index is 1060. The van der Waals surface area contributed by atoms with Crippen LogP contribution in [0.4, 0.5) is 0 Å². The molecule has 4 rings (SSSR count). The van der Waals surface area contributed by atoms with Crippen LogP contribution >= 0.6 is 0 Å². The molecule has 4 nitrogen and oxygen atoms in total. The fourth-order valence-corrected chi connectivity index (χ4v) is 4.47. The molecule has 1 amide bonds. The summed E-state index contributed by atoms with van der Waals surface area (Å²) in [6.45, 7) is 3.67. The predicted octanol–water partition coefficient (Wildman–Crippen LogP) is 3.62. The monoisotopic (exact) mass is 413 g/mol. The molecule has 0 spiro atoms. The molecule has 5 heteroatoms. The first-order valence-corrected chi connectivity index (χ1v) is 11.0. The molecule has 0 aromatic heterocycles. The molecule has 0 saturated carbocycles. The molecule has 1 aliphatic heterocycles. The zero-order chi connectivity index (χ0) is 21.8. The zero-order valence-electron chi connectivity index (χ0n) is 17.9. The molecule has 1 heterocycles. The lowest BCUT2D eigenvalue weighted by atomic mass is 9.75. The summed E-state index contributed by atoms with van der Waals surface area (Å²) in [5.41, 5.74) is 5.34. The molecule has 0 atom stereocenters. The molecule has 1 aliphatic rings. The number of nitrogens with zero attached hydrogens (tertiary/aromatic N) is 1. The lowest BCUT2D eigenvalue weighted by molar-refractivity contribution is 0.0713. The van der Waals surface area contributed by atoms with Crippen molar-refractivity contribution in [2.45, 2.75) is 32.1 Å². The first-order chi connectivity index (χ1) is 15.1. The first-order valence-electron chi connectivity index (χ1n) is 11.0. The molecule has 0 unspecified atom stereocenters. The van der Waals surface area contributed by atoms with E-state index in [1.165, 1.54) is 11.1 Å². The standard InChI is InChI=1S/C26H28BNO3/c1-2-19-7-5-8-21(17-19)20-13-15-28(16-14-20)26(29)23-10-6-9-22(18-23)24-11-3-4-12-25(24)27(30)31/h3-12,17-18,20,30-31H,2,13-16H2,1H3. The number of aryl methyl sites for hydroxylation is 1. The van der Waals surface area contributed by atoms with Gasteiger partial charge in [0.1, 0.15) is 0 Å². The molecule has 31 heavy (non-hydrogen) atoms. The highest BCUT2D eigenvalue weighted by Gasteiger charge is 2.25. The summed E-state index contributed by atoms with van der Waals surface area (Å²) in [4.78, 5) is 15.1. The number of piperidine rings is 1. The maximum Gasteiger partial charge on any atom is 0.489 e. The Labute approximate surface area is 184 Å². The van der Waals surface area contributed by atoms with E-state index in [9.17, 15) is 14.8 Å². The molecule has 0 radical (unpaired) electrons. The van der Waals surface area contributed by atoms with Crippen LogP contribution in [-0.4, -0.2) is 41.1 Å². The first kappa shape index (κ1) is 21.4. The summed E-state index contributed by atoms with van der Waals surface area (Å²) >= 11 is 0. The van der Waals surface area contributed by atoms with E-state index in [0.717, 1.165) is 43.5 Å². The second kappa shape index (κ2) is 9.50. The van der Waals surface area contributed by atoms with Crippen molar-refractivity contribution in [2.75, 3.05) is 13.1 Å². The van der Waals surface area contributed by atoms with E-state index in [1.54, 1.807) is 12.1 Å². The number of likely N-dealkylation sites (tertiary alicyclic amines) is 1. The molecular weight excluding hydrogens is 385 g/mol. The third-order valence-corrected chi connectivity index (χ3v) is 6.27. The third-order valence-electron chi connectivity index (χ3n) is 6.27. The van der Waals surface area contributed by atoms with Gasteiger partial charge < -0.3 is 14.9 Å². The van der Waals surface area contributed by atoms with Crippen LogP contribution in [0.25, 0.3) is 11.1 Å². The molecule has 1 fully saturated rings. The van der Waals surface area contributed by atoms with Crippen molar-refractivity contribution in [3.05, 3.63) is 89.5 Å². The van der Waals surface area contributed by atoms with E-state index in [0.29, 0.717) is 16.9 Å². The minimum absolute atomic E-state index is 0.0321. The predicted molar refractivity (Wildman–Crippen MR) is 125 cm³/mol. The molecule has 158 valence electrons. The third kappa shape index (κ3) is 4.73. The molecule has 0 bridgehead atoms. The van der Waals surface area contributed by atoms with Crippen LogP contribution < -0.4 is 5.46 Å². The van der Waals surface area contributed by atoms with Crippen molar-refractivity contribution in [1.29, 1.82) is 0 Å². The molecule has 1 saturated heterocycles. The summed E-state index contributed by atoms with van der Waals surface area (Å²) in [6, 6.07) is 23.4. The summed E-state index contributed by atoms with van der Waals surface area (Å²) < 4.78 is 0. The number of amides is 1. The highest BCUT2D eigenvalue weighted by atomic mass is 16.4. The van der Waals surface area contributed by atoms with Crippen LogP contribution in [-0.2, 0) is 6.42 Å². The van der Waals surface area contributed by atoms with Crippen molar-refractivity contribution in [3.63, 3.8) is 0 Å². The summed E-state index contributed by atoms with van der Waals surface area (Å²) in [5.74, 6) is 0.532. The van der Waals surface area contributed by atoms with Gasteiger partial charge in [-0.3, -0.25) is 4.79 Å². The van der Waals surface area contributed by atoms with Crippen LogP contribution in [0.5, 0.6) is 0 Å². The van der Waals surface area contributed by atoms with Gasteiger partial charge in [0.15, 0.2) is 0 Å². The van der Waals surface area contributed by atoms with Gasteiger partial charge in [0.2, 0.25) is 0 Å². The maximum atomic E-state index is 13.2. The van der Waals surface area contributed by atoms with Gasteiger partial charge in [-0.15, -0.1) is 0 Å². The van der Waals surface area contributed by atoms with Crippen LogP contribution in [0.2, 0.25) is 0 Å². The molecule has 0 aliphatic carbocycles. The van der Waals surface area contributed by atoms with Crippen molar-refractivity contribution < 1.29 is 14.8 Å². The van der Waals surface area contributed by atoms with Crippen LogP contribution in [0.1, 0.15) is 47.2 Å². The van der Waals surface area contributed by atoms with Crippen molar-refractivity contribution in [1.82, 2.24) is 4.90 Å². The normalized spacial score (nSPS) is 14.5. The number of benzene rings is 3. The van der Waals surface area contributed by atoms with Gasteiger partial charge in [-0.1, -0.05) is 67.6 Å². The molecular formula is C26H28BNO3. The van der Waals surface area contributed by atoms with Gasteiger partial charge in [-0.2, -0.15) is 0 Å². The lowest BCUT2D eigenvalue weighted by Gasteiger charge is -2.32. The Morgan fingerprint density at radius 1 is 0.968 bits per heavy atom. The van der Waals surface area contributed by atoms with E-state index >= 15 is 0 Å². The topological polar surface area (TPSA) is 60.8 Å². The van der Waals surface area contributed by atoms with Crippen LogP contribution in [0, 0.1) is 0 Å². The number of rotatable bonds is 5. The van der Waals surface area contributed by atoms with Gasteiger partial charge in [0.05, 0.1) is 0 Å². The quantitative estimate of drug-likeness (QED) is 0.629. The number of hydrogen-bond donors (Lipinski definition) is 2. The van der Waals surface area contributed by atoms with Gasteiger partial charge in [0, 0.05) is 18.7 Å². The van der Waals surface area contributed by atoms with Crippen molar-refractivity contribution in [3.8, 4) is 11.1 Å². The number of hydrogen-bond acceptors (Lipinski definition) is 3. The number of carbonyl (C=O) groups excluding carboxylic acids is 1. The highest BCUT2D eigenvalue weighted by molar-refractivity contribution is 6.60. The van der Waals surface area contributed by atoms with E-state index in [4.69, 9.17) is 0 Å². The van der Waals surface area contributed by atoms with E-state index in [1.807, 2.05) is 41.3 Å². The largest absolute Gasteiger partial charge is 0.489 e. The zero-order valence-corrected chi connectivity index (χ0v) is 17.9. The SMILES string of the molecule is CCc1cccc(C2CCN(C(=O)c3cccc(-c4ccccc4B(O)O)c3)CC2)c1. The van der Waals surface area contributed by atoms with Gasteiger partial charge >= 0.3 is 7.12 Å². The fraction of sp³-hybridized carbons (Fsp3) is 0.269. The summed E-state index contributed by atoms with van der Waals surface area (Å²) in [7, 11) is -1.55. The van der Waals surface area contributed by atoms with Crippen molar-refractivity contribution in [2.24, 2.45) is 0 Å². The second-order valence-electron chi connectivity index (χ2n) is 8.21. The lowest BCUT2D eigenvalue weighted by Crippen LogP contribution is -2.38. The summed E-state index contributed by atoms with van der Waals surface area (Å²) in [5, 5.41) is 19.4. The smallest absolute Gasteiger partial charge is 0.423 e. The Balaban J connectivity index is 1.48. The second-order valence-corrected chi connectivity index (χ2v) is 8.21. The minimum Gasteiger partial charge on any atom is -0.423 e. The molecule has 3 aromatic rings.